The van der Waals surface area contributed by atoms with E-state index >= 15 is 0 Å². The number of piperidine rings is 1. The fraction of sp³-hybridized carbons (Fsp3) is 0.308. The number of para-hydroxylation sites is 1. The van der Waals surface area contributed by atoms with Crippen LogP contribution in [0.3, 0.4) is 0 Å². The maximum absolute atomic E-state index is 13.8. The molecule has 10 heteroatoms. The summed E-state index contributed by atoms with van der Waals surface area (Å²) in [5.74, 6) is -0.611. The molecule has 4 aromatic rings. The lowest BCUT2D eigenvalue weighted by Crippen LogP contribution is -2.39. The number of nitrogens with one attached hydrogen (secondary N) is 1. The molecule has 1 fully saturated rings. The predicted molar refractivity (Wildman–Crippen MR) is 129 cm³/mol. The van der Waals surface area contributed by atoms with Crippen molar-refractivity contribution >= 4 is 10.9 Å². The van der Waals surface area contributed by atoms with Gasteiger partial charge in [0, 0.05) is 18.1 Å². The normalized spacial score (nSPS) is 17.3. The first-order valence-corrected chi connectivity index (χ1v) is 11.7. The van der Waals surface area contributed by atoms with Crippen LogP contribution in [0.1, 0.15) is 30.1 Å². The summed E-state index contributed by atoms with van der Waals surface area (Å²) >= 11 is 0. The van der Waals surface area contributed by atoms with Crippen LogP contribution in [-0.2, 0) is 0 Å². The Bertz CT molecular complexity index is 1430. The highest BCUT2D eigenvalue weighted by Gasteiger charge is 2.33. The predicted octanol–water partition coefficient (Wildman–Crippen LogP) is 4.69. The zero-order chi connectivity index (χ0) is 25.4. The van der Waals surface area contributed by atoms with Crippen LogP contribution >= 0.6 is 0 Å². The lowest BCUT2D eigenvalue weighted by Gasteiger charge is -2.33. The molecule has 0 saturated carbocycles. The summed E-state index contributed by atoms with van der Waals surface area (Å²) in [6.07, 6.45) is -1.27. The number of aromatic hydroxyl groups is 1. The molecule has 188 valence electrons. The van der Waals surface area contributed by atoms with E-state index in [2.05, 4.69) is 15.0 Å². The van der Waals surface area contributed by atoms with Gasteiger partial charge < -0.3 is 15.2 Å². The molecule has 5 rings (SSSR count). The minimum atomic E-state index is -4.82. The first kappa shape index (κ1) is 23.9. The topological polar surface area (TPSA) is 81.3 Å². The molecule has 2 unspecified atom stereocenters. The van der Waals surface area contributed by atoms with Gasteiger partial charge in [-0.05, 0) is 74.2 Å². The zero-order valence-corrected chi connectivity index (χ0v) is 19.5. The second-order valence-corrected chi connectivity index (χ2v) is 8.91. The molecule has 0 spiro atoms. The van der Waals surface area contributed by atoms with E-state index in [-0.39, 0.29) is 17.5 Å². The molecule has 3 heterocycles. The standard InChI is InChI=1S/C26H25F3N4O3/c1-16-24(34)33(18-8-10-19(11-9-18)36-26(27,28)29)25(35)32(16)23(17-5-4-13-30-15-17)21-12-14-31-22-7-3-2-6-20(21)22/h2-3,6-12,14,17,23,30,34H,4-5,13,15H2,1H3. The molecule has 2 aromatic heterocycles. The van der Waals surface area contributed by atoms with Crippen LogP contribution in [0.4, 0.5) is 13.2 Å². The van der Waals surface area contributed by atoms with E-state index in [9.17, 15) is 23.1 Å². The lowest BCUT2D eigenvalue weighted by atomic mass is 9.85. The molecular formula is C26H25F3N4O3. The number of hydrogen-bond donors (Lipinski definition) is 2. The van der Waals surface area contributed by atoms with Crippen molar-refractivity contribution in [2.45, 2.75) is 32.2 Å². The number of rotatable bonds is 5. The summed E-state index contributed by atoms with van der Waals surface area (Å²) in [7, 11) is 0. The number of aromatic nitrogens is 3. The Morgan fingerprint density at radius 1 is 1.14 bits per heavy atom. The fourth-order valence-corrected chi connectivity index (χ4v) is 5.10. The summed E-state index contributed by atoms with van der Waals surface area (Å²) in [4.78, 5) is 18.3. The van der Waals surface area contributed by atoms with Crippen LogP contribution < -0.4 is 15.7 Å². The number of fused-ring (bicyclic) bond motifs is 1. The average Bonchev–Trinajstić information content (AvgIpc) is 3.08. The van der Waals surface area contributed by atoms with Gasteiger partial charge in [0.25, 0.3) is 0 Å². The third-order valence-corrected chi connectivity index (χ3v) is 6.68. The number of halogens is 3. The van der Waals surface area contributed by atoms with Gasteiger partial charge >= 0.3 is 12.1 Å². The van der Waals surface area contributed by atoms with Gasteiger partial charge in [-0.2, -0.15) is 0 Å². The molecule has 1 saturated heterocycles. The summed E-state index contributed by atoms with van der Waals surface area (Å²) in [6, 6.07) is 14.1. The van der Waals surface area contributed by atoms with Crippen molar-refractivity contribution < 1.29 is 23.0 Å². The largest absolute Gasteiger partial charge is 0.573 e. The van der Waals surface area contributed by atoms with Crippen LogP contribution in [0, 0.1) is 12.8 Å². The number of benzene rings is 2. The molecule has 2 atom stereocenters. The summed E-state index contributed by atoms with van der Waals surface area (Å²) in [6.45, 7) is 3.26. The molecule has 7 nitrogen and oxygen atoms in total. The van der Waals surface area contributed by atoms with Crippen LogP contribution in [-0.4, -0.2) is 38.7 Å². The number of hydrogen-bond acceptors (Lipinski definition) is 5. The minimum absolute atomic E-state index is 0.0683. The van der Waals surface area contributed by atoms with E-state index in [1.807, 2.05) is 30.3 Å². The number of alkyl halides is 3. The van der Waals surface area contributed by atoms with Crippen LogP contribution in [0.25, 0.3) is 16.6 Å². The van der Waals surface area contributed by atoms with Crippen molar-refractivity contribution in [2.24, 2.45) is 5.92 Å². The zero-order valence-electron chi connectivity index (χ0n) is 19.5. The van der Waals surface area contributed by atoms with E-state index in [1.165, 1.54) is 12.1 Å². The second-order valence-electron chi connectivity index (χ2n) is 8.91. The van der Waals surface area contributed by atoms with Crippen LogP contribution in [0.2, 0.25) is 0 Å². The average molecular weight is 499 g/mol. The van der Waals surface area contributed by atoms with Gasteiger partial charge in [0.05, 0.1) is 22.9 Å². The Kier molecular flexibility index (Phi) is 6.21. The maximum atomic E-state index is 13.8. The van der Waals surface area contributed by atoms with Gasteiger partial charge in [-0.15, -0.1) is 13.2 Å². The van der Waals surface area contributed by atoms with Crippen molar-refractivity contribution in [1.29, 1.82) is 0 Å². The first-order valence-electron chi connectivity index (χ1n) is 11.7. The monoisotopic (exact) mass is 498 g/mol. The van der Waals surface area contributed by atoms with Gasteiger partial charge in [0.15, 0.2) is 0 Å². The molecule has 36 heavy (non-hydrogen) atoms. The van der Waals surface area contributed by atoms with Crippen molar-refractivity contribution in [2.75, 3.05) is 13.1 Å². The fourth-order valence-electron chi connectivity index (χ4n) is 5.10. The van der Waals surface area contributed by atoms with Crippen molar-refractivity contribution in [3.05, 3.63) is 82.5 Å². The molecule has 0 aliphatic carbocycles. The molecule has 0 amide bonds. The molecule has 1 aliphatic rings. The highest BCUT2D eigenvalue weighted by molar-refractivity contribution is 5.82. The third kappa shape index (κ3) is 4.44. The van der Waals surface area contributed by atoms with Crippen molar-refractivity contribution in [3.8, 4) is 17.3 Å². The Balaban J connectivity index is 1.65. The van der Waals surface area contributed by atoms with E-state index < -0.39 is 23.8 Å². The van der Waals surface area contributed by atoms with E-state index in [1.54, 1.807) is 17.7 Å². The minimum Gasteiger partial charge on any atom is -0.493 e. The van der Waals surface area contributed by atoms with Gasteiger partial charge in [-0.3, -0.25) is 9.55 Å². The Hall–Kier alpha value is -3.79. The van der Waals surface area contributed by atoms with Crippen LogP contribution in [0.15, 0.2) is 65.6 Å². The smallest absolute Gasteiger partial charge is 0.493 e. The molecule has 2 N–H and O–H groups in total. The number of imidazole rings is 1. The van der Waals surface area contributed by atoms with Crippen molar-refractivity contribution in [3.63, 3.8) is 0 Å². The summed E-state index contributed by atoms with van der Waals surface area (Å²) in [5.41, 5.74) is 1.84. The molecule has 0 radical (unpaired) electrons. The number of ether oxygens (including phenoxy) is 1. The third-order valence-electron chi connectivity index (χ3n) is 6.68. The van der Waals surface area contributed by atoms with E-state index in [0.29, 0.717) is 12.2 Å². The molecule has 1 aliphatic heterocycles. The van der Waals surface area contributed by atoms with Crippen LogP contribution in [0.5, 0.6) is 11.6 Å². The molecular weight excluding hydrogens is 473 g/mol. The molecule has 0 bridgehead atoms. The number of nitrogens with zero attached hydrogens (tertiary/aromatic N) is 3. The number of pyridine rings is 1. The van der Waals surface area contributed by atoms with E-state index in [0.717, 1.165) is 52.6 Å². The van der Waals surface area contributed by atoms with E-state index in [4.69, 9.17) is 0 Å². The Morgan fingerprint density at radius 2 is 1.89 bits per heavy atom. The lowest BCUT2D eigenvalue weighted by molar-refractivity contribution is -0.274. The summed E-state index contributed by atoms with van der Waals surface area (Å²) in [5, 5.41) is 15.4. The highest BCUT2D eigenvalue weighted by atomic mass is 19.4. The van der Waals surface area contributed by atoms with Gasteiger partial charge in [-0.1, -0.05) is 18.2 Å². The summed E-state index contributed by atoms with van der Waals surface area (Å²) < 4.78 is 44.3. The second kappa shape index (κ2) is 9.34. The molecule has 2 aromatic carbocycles. The van der Waals surface area contributed by atoms with Gasteiger partial charge in [0.1, 0.15) is 5.75 Å². The quantitative estimate of drug-likeness (QED) is 0.417. The highest BCUT2D eigenvalue weighted by Crippen LogP contribution is 2.37. The van der Waals surface area contributed by atoms with Crippen molar-refractivity contribution in [1.82, 2.24) is 19.4 Å². The SMILES string of the molecule is Cc1c(O)n(-c2ccc(OC(F)(F)F)cc2)c(=O)n1C(c1ccnc2ccccc12)C1CCCNC1. The Morgan fingerprint density at radius 3 is 2.58 bits per heavy atom. The first-order chi connectivity index (χ1) is 17.2. The maximum Gasteiger partial charge on any atom is 0.573 e. The van der Waals surface area contributed by atoms with Gasteiger partial charge in [0.2, 0.25) is 5.88 Å². The van der Waals surface area contributed by atoms with Gasteiger partial charge in [-0.25, -0.2) is 9.36 Å². The Labute approximate surface area is 204 Å².